The summed E-state index contributed by atoms with van der Waals surface area (Å²) in [6, 6.07) is 16.8. The number of amides is 4. The van der Waals surface area contributed by atoms with Crippen LogP contribution in [0.2, 0.25) is 5.02 Å². The number of halogens is 1. The highest BCUT2D eigenvalue weighted by molar-refractivity contribution is 6.39. The third-order valence-corrected chi connectivity index (χ3v) is 5.82. The molecule has 1 aliphatic heterocycles. The number of hydrogen-bond donors (Lipinski definition) is 1. The number of non-ortho nitro benzene ring substituents is 1. The minimum absolute atomic E-state index is 0.0195. The van der Waals surface area contributed by atoms with Gasteiger partial charge in [0.25, 0.3) is 17.5 Å². The molecule has 0 saturated carbocycles. The van der Waals surface area contributed by atoms with Crippen LogP contribution in [0, 0.1) is 10.1 Å². The molecule has 3 aromatic rings. The van der Waals surface area contributed by atoms with Gasteiger partial charge in [0, 0.05) is 12.1 Å². The van der Waals surface area contributed by atoms with Crippen LogP contribution in [-0.4, -0.2) is 22.8 Å². The molecule has 4 rings (SSSR count). The number of carbonyl (C=O) groups is 3. The first-order valence-electron chi connectivity index (χ1n) is 10.9. The van der Waals surface area contributed by atoms with Gasteiger partial charge in [-0.3, -0.25) is 25.0 Å². The van der Waals surface area contributed by atoms with Crippen LogP contribution in [0.1, 0.15) is 23.6 Å². The molecule has 1 saturated heterocycles. The first-order chi connectivity index (χ1) is 17.3. The molecule has 0 atom stereocenters. The molecule has 0 aliphatic carbocycles. The summed E-state index contributed by atoms with van der Waals surface area (Å²) in [5.74, 6) is -1.19. The number of hydrogen-bond acceptors (Lipinski definition) is 6. The minimum Gasteiger partial charge on any atom is -0.487 e. The number of urea groups is 1. The molecule has 0 spiro atoms. The molecule has 4 amide bonds. The zero-order chi connectivity index (χ0) is 25.8. The van der Waals surface area contributed by atoms with E-state index in [2.05, 4.69) is 5.32 Å². The van der Waals surface area contributed by atoms with Crippen LogP contribution in [0.3, 0.4) is 0 Å². The molecular formula is C26H20ClN3O6. The van der Waals surface area contributed by atoms with E-state index < -0.39 is 22.8 Å². The zero-order valence-corrected chi connectivity index (χ0v) is 19.8. The Balaban J connectivity index is 1.54. The fraction of sp³-hybridized carbons (Fsp3) is 0.115. The fourth-order valence-electron chi connectivity index (χ4n) is 3.67. The van der Waals surface area contributed by atoms with E-state index in [0.717, 1.165) is 10.5 Å². The number of ether oxygens (including phenoxy) is 1. The van der Waals surface area contributed by atoms with Gasteiger partial charge in [-0.15, -0.1) is 0 Å². The van der Waals surface area contributed by atoms with E-state index >= 15 is 0 Å². The summed E-state index contributed by atoms with van der Waals surface area (Å²) in [5.41, 5.74) is 2.13. The van der Waals surface area contributed by atoms with Gasteiger partial charge in [-0.25, -0.2) is 9.69 Å². The minimum atomic E-state index is -0.809. The molecule has 36 heavy (non-hydrogen) atoms. The number of imide groups is 2. The van der Waals surface area contributed by atoms with Gasteiger partial charge in [-0.2, -0.15) is 0 Å². The lowest BCUT2D eigenvalue weighted by Crippen LogP contribution is -2.54. The Bertz CT molecular complexity index is 1400. The molecular weight excluding hydrogens is 486 g/mol. The lowest BCUT2D eigenvalue weighted by atomic mass is 10.0. The van der Waals surface area contributed by atoms with Gasteiger partial charge in [0.15, 0.2) is 0 Å². The Morgan fingerprint density at radius 1 is 1.06 bits per heavy atom. The largest absolute Gasteiger partial charge is 0.487 e. The van der Waals surface area contributed by atoms with Crippen molar-refractivity contribution in [3.05, 3.63) is 104 Å². The molecule has 10 heteroatoms. The molecule has 0 unspecified atom stereocenters. The molecule has 182 valence electrons. The van der Waals surface area contributed by atoms with E-state index in [1.54, 1.807) is 36.4 Å². The summed E-state index contributed by atoms with van der Waals surface area (Å²) in [6.07, 6.45) is 1.95. The summed E-state index contributed by atoms with van der Waals surface area (Å²) >= 11 is 6.35. The SMILES string of the molecule is CCc1ccccc1N1C(=O)NC(=O)/C(=C/c2ccc(OCc3ccc([N+](=O)[O-])cc3)c(Cl)c2)C1=O. The molecule has 1 fully saturated rings. The standard InChI is InChI=1S/C26H20ClN3O6/c1-2-18-5-3-4-6-22(18)29-25(32)20(24(31)28-26(29)33)13-17-9-12-23(21(27)14-17)36-15-16-7-10-19(11-8-16)30(34)35/h3-14H,2,15H2,1H3,(H,28,31,33)/b20-13-. The number of para-hydroxylation sites is 1. The quantitative estimate of drug-likeness (QED) is 0.207. The molecule has 0 bridgehead atoms. The van der Waals surface area contributed by atoms with Gasteiger partial charge in [-0.05, 0) is 59.5 Å². The molecule has 0 aromatic heterocycles. The molecule has 1 heterocycles. The Morgan fingerprint density at radius 2 is 1.78 bits per heavy atom. The second-order valence-electron chi connectivity index (χ2n) is 7.84. The summed E-state index contributed by atoms with van der Waals surface area (Å²) in [6.45, 7) is 2.03. The Morgan fingerprint density at radius 3 is 2.44 bits per heavy atom. The van der Waals surface area contributed by atoms with Crippen molar-refractivity contribution in [2.24, 2.45) is 0 Å². The molecule has 1 aliphatic rings. The van der Waals surface area contributed by atoms with Crippen molar-refractivity contribution in [1.82, 2.24) is 5.32 Å². The van der Waals surface area contributed by atoms with Crippen LogP contribution < -0.4 is 15.0 Å². The topological polar surface area (TPSA) is 119 Å². The lowest BCUT2D eigenvalue weighted by Gasteiger charge is -2.28. The van der Waals surface area contributed by atoms with Gasteiger partial charge in [0.05, 0.1) is 15.6 Å². The predicted octanol–water partition coefficient (Wildman–Crippen LogP) is 5.06. The van der Waals surface area contributed by atoms with Crippen molar-refractivity contribution in [1.29, 1.82) is 0 Å². The number of aryl methyl sites for hydroxylation is 1. The Kier molecular flexibility index (Phi) is 7.12. The third-order valence-electron chi connectivity index (χ3n) is 5.52. The fourth-order valence-corrected chi connectivity index (χ4v) is 3.91. The smallest absolute Gasteiger partial charge is 0.335 e. The highest BCUT2D eigenvalue weighted by Gasteiger charge is 2.37. The van der Waals surface area contributed by atoms with Gasteiger partial charge in [0.2, 0.25) is 0 Å². The maximum Gasteiger partial charge on any atom is 0.335 e. The van der Waals surface area contributed by atoms with Gasteiger partial charge in [0.1, 0.15) is 17.9 Å². The molecule has 1 N–H and O–H groups in total. The Labute approximate surface area is 211 Å². The maximum atomic E-state index is 13.2. The number of nitrogens with one attached hydrogen (secondary N) is 1. The third kappa shape index (κ3) is 5.11. The number of carbonyl (C=O) groups excluding carboxylic acids is 3. The maximum absolute atomic E-state index is 13.2. The number of nitro groups is 1. The van der Waals surface area contributed by atoms with E-state index in [0.29, 0.717) is 29.0 Å². The van der Waals surface area contributed by atoms with E-state index in [1.165, 1.54) is 24.3 Å². The van der Waals surface area contributed by atoms with Crippen molar-refractivity contribution in [3.63, 3.8) is 0 Å². The lowest BCUT2D eigenvalue weighted by molar-refractivity contribution is -0.384. The second-order valence-corrected chi connectivity index (χ2v) is 8.25. The average Bonchev–Trinajstić information content (AvgIpc) is 2.86. The monoisotopic (exact) mass is 505 g/mol. The van der Waals surface area contributed by atoms with Crippen molar-refractivity contribution in [2.75, 3.05) is 4.90 Å². The molecule has 0 radical (unpaired) electrons. The number of barbiturate groups is 1. The van der Waals surface area contributed by atoms with Crippen LogP contribution in [0.15, 0.2) is 72.3 Å². The second kappa shape index (κ2) is 10.4. The van der Waals surface area contributed by atoms with Crippen LogP contribution in [0.4, 0.5) is 16.2 Å². The highest BCUT2D eigenvalue weighted by Crippen LogP contribution is 2.29. The molecule has 9 nitrogen and oxygen atoms in total. The Hall–Kier alpha value is -4.50. The summed E-state index contributed by atoms with van der Waals surface area (Å²) in [4.78, 5) is 49.4. The van der Waals surface area contributed by atoms with Crippen LogP contribution in [0.25, 0.3) is 6.08 Å². The highest BCUT2D eigenvalue weighted by atomic mass is 35.5. The van der Waals surface area contributed by atoms with Crippen molar-refractivity contribution >= 4 is 46.9 Å². The van der Waals surface area contributed by atoms with E-state index in [-0.39, 0.29) is 22.9 Å². The van der Waals surface area contributed by atoms with E-state index in [9.17, 15) is 24.5 Å². The summed E-state index contributed by atoms with van der Waals surface area (Å²) < 4.78 is 5.70. The number of anilines is 1. The van der Waals surface area contributed by atoms with Crippen LogP contribution in [0.5, 0.6) is 5.75 Å². The van der Waals surface area contributed by atoms with Gasteiger partial charge >= 0.3 is 6.03 Å². The normalized spacial score (nSPS) is 14.7. The van der Waals surface area contributed by atoms with Crippen molar-refractivity contribution in [2.45, 2.75) is 20.0 Å². The average molecular weight is 506 g/mol. The molecule has 3 aromatic carbocycles. The van der Waals surface area contributed by atoms with Gasteiger partial charge < -0.3 is 4.74 Å². The van der Waals surface area contributed by atoms with Crippen LogP contribution in [-0.2, 0) is 22.6 Å². The summed E-state index contributed by atoms with van der Waals surface area (Å²) in [5, 5.41) is 13.2. The first kappa shape index (κ1) is 24.6. The summed E-state index contributed by atoms with van der Waals surface area (Å²) in [7, 11) is 0. The number of nitro benzene ring substituents is 1. The van der Waals surface area contributed by atoms with E-state index in [1.807, 2.05) is 19.1 Å². The first-order valence-corrected chi connectivity index (χ1v) is 11.3. The number of benzene rings is 3. The van der Waals surface area contributed by atoms with Gasteiger partial charge in [-0.1, -0.05) is 42.8 Å². The predicted molar refractivity (Wildman–Crippen MR) is 134 cm³/mol. The van der Waals surface area contributed by atoms with Crippen molar-refractivity contribution in [3.8, 4) is 5.75 Å². The van der Waals surface area contributed by atoms with Crippen molar-refractivity contribution < 1.29 is 24.0 Å². The number of nitrogens with zero attached hydrogens (tertiary/aromatic N) is 2. The zero-order valence-electron chi connectivity index (χ0n) is 19.1. The van der Waals surface area contributed by atoms with E-state index in [4.69, 9.17) is 16.3 Å². The number of rotatable bonds is 7. The van der Waals surface area contributed by atoms with Crippen LogP contribution >= 0.6 is 11.6 Å².